The highest BCUT2D eigenvalue weighted by atomic mass is 17.2. The number of benzene rings is 1. The molecule has 2 rings (SSSR count). The molecule has 1 aromatic carbocycles. The minimum Gasteiger partial charge on any atom is -0.242 e. The van der Waals surface area contributed by atoms with Gasteiger partial charge in [0.1, 0.15) is 0 Å². The van der Waals surface area contributed by atoms with Crippen LogP contribution in [0.15, 0.2) is 36.5 Å². The summed E-state index contributed by atoms with van der Waals surface area (Å²) in [7, 11) is 0. The van der Waals surface area contributed by atoms with Crippen LogP contribution in [0.25, 0.3) is 10.9 Å². The maximum Gasteiger partial charge on any atom is 0.0904 e. The van der Waals surface area contributed by atoms with Crippen molar-refractivity contribution in [1.29, 1.82) is 0 Å². The van der Waals surface area contributed by atoms with Crippen molar-refractivity contribution in [3.63, 3.8) is 0 Å². The van der Waals surface area contributed by atoms with Crippen molar-refractivity contribution >= 4 is 10.9 Å². The van der Waals surface area contributed by atoms with Crippen molar-refractivity contribution in [2.24, 2.45) is 0 Å². The zero-order valence-corrected chi connectivity index (χ0v) is 5.77. The Bertz CT molecular complexity index is 367. The van der Waals surface area contributed by atoms with Crippen LogP contribution in [0.1, 0.15) is 0 Å². The van der Waals surface area contributed by atoms with Gasteiger partial charge in [0.2, 0.25) is 0 Å². The molecule has 1 heterocycles. The molecular formula is C8H7NO2. The van der Waals surface area contributed by atoms with Crippen LogP contribution in [-0.4, -0.2) is 9.99 Å². The van der Waals surface area contributed by atoms with Crippen LogP contribution in [0, 0.1) is 0 Å². The van der Waals surface area contributed by atoms with Crippen LogP contribution < -0.4 is 4.99 Å². The summed E-state index contributed by atoms with van der Waals surface area (Å²) in [6.45, 7) is 0. The molecule has 0 aliphatic carbocycles. The topological polar surface area (TPSA) is 34.4 Å². The highest BCUT2D eigenvalue weighted by molar-refractivity contribution is 5.79. The molecule has 0 aliphatic heterocycles. The Morgan fingerprint density at radius 3 is 2.82 bits per heavy atom. The highest BCUT2D eigenvalue weighted by Gasteiger charge is 1.97. The minimum atomic E-state index is 0.856. The molecule has 11 heavy (non-hydrogen) atoms. The smallest absolute Gasteiger partial charge is 0.0904 e. The zero-order chi connectivity index (χ0) is 7.68. The molecule has 0 amide bonds. The van der Waals surface area contributed by atoms with Gasteiger partial charge >= 0.3 is 0 Å². The van der Waals surface area contributed by atoms with E-state index in [0.717, 1.165) is 10.9 Å². The van der Waals surface area contributed by atoms with E-state index in [1.165, 1.54) is 4.73 Å². The Kier molecular flexibility index (Phi) is 1.30. The fraction of sp³-hybridized carbons (Fsp3) is 0. The summed E-state index contributed by atoms with van der Waals surface area (Å²) >= 11 is 0. The second kappa shape index (κ2) is 2.29. The van der Waals surface area contributed by atoms with Crippen molar-refractivity contribution in [3.05, 3.63) is 36.5 Å². The predicted molar refractivity (Wildman–Crippen MR) is 41.1 cm³/mol. The first-order valence-corrected chi connectivity index (χ1v) is 3.30. The van der Waals surface area contributed by atoms with Crippen molar-refractivity contribution in [3.8, 4) is 0 Å². The van der Waals surface area contributed by atoms with Crippen LogP contribution >= 0.6 is 0 Å². The molecule has 0 atom stereocenters. The van der Waals surface area contributed by atoms with E-state index < -0.39 is 0 Å². The first-order chi connectivity index (χ1) is 5.42. The van der Waals surface area contributed by atoms with E-state index in [0.29, 0.717) is 0 Å². The normalized spacial score (nSPS) is 10.3. The van der Waals surface area contributed by atoms with Crippen LogP contribution in [0.3, 0.4) is 0 Å². The number of hydrogen-bond donors (Lipinski definition) is 1. The highest BCUT2D eigenvalue weighted by Crippen LogP contribution is 2.12. The van der Waals surface area contributed by atoms with Gasteiger partial charge in [-0.05, 0) is 12.1 Å². The molecule has 0 saturated carbocycles. The molecule has 0 radical (unpaired) electrons. The fourth-order valence-corrected chi connectivity index (χ4v) is 1.13. The van der Waals surface area contributed by atoms with Gasteiger partial charge in [-0.25, -0.2) is 4.99 Å². The standard InChI is InChI=1S/C8H7NO2/c10-11-9-6-5-7-3-1-2-4-8(7)9/h1-6,10H. The van der Waals surface area contributed by atoms with Gasteiger partial charge in [0.15, 0.2) is 0 Å². The summed E-state index contributed by atoms with van der Waals surface area (Å²) in [5.74, 6) is 0. The average Bonchev–Trinajstić information content (AvgIpc) is 2.47. The van der Waals surface area contributed by atoms with Crippen molar-refractivity contribution in [2.75, 3.05) is 0 Å². The molecule has 2 aromatic rings. The van der Waals surface area contributed by atoms with Gasteiger partial charge in [-0.15, -0.1) is 0 Å². The van der Waals surface area contributed by atoms with E-state index >= 15 is 0 Å². The van der Waals surface area contributed by atoms with Crippen molar-refractivity contribution in [1.82, 2.24) is 4.73 Å². The van der Waals surface area contributed by atoms with E-state index in [9.17, 15) is 0 Å². The third kappa shape index (κ3) is 0.860. The lowest BCUT2D eigenvalue weighted by Crippen LogP contribution is -2.03. The van der Waals surface area contributed by atoms with Gasteiger partial charge in [0.25, 0.3) is 0 Å². The average molecular weight is 149 g/mol. The third-order valence-electron chi connectivity index (χ3n) is 1.65. The van der Waals surface area contributed by atoms with Crippen LogP contribution in [-0.2, 0) is 0 Å². The third-order valence-corrected chi connectivity index (χ3v) is 1.65. The summed E-state index contributed by atoms with van der Waals surface area (Å²) in [4.78, 5) is 4.08. The Hall–Kier alpha value is -1.48. The number of para-hydroxylation sites is 1. The molecule has 56 valence electrons. The van der Waals surface area contributed by atoms with Gasteiger partial charge in [-0.3, -0.25) is 0 Å². The summed E-state index contributed by atoms with van der Waals surface area (Å²) in [6, 6.07) is 9.50. The first-order valence-electron chi connectivity index (χ1n) is 3.30. The molecule has 0 saturated heterocycles. The van der Waals surface area contributed by atoms with Crippen LogP contribution in [0.2, 0.25) is 0 Å². The quantitative estimate of drug-likeness (QED) is 0.493. The minimum absolute atomic E-state index is 0.856. The van der Waals surface area contributed by atoms with E-state index in [2.05, 4.69) is 4.99 Å². The second-order valence-electron chi connectivity index (χ2n) is 2.28. The lowest BCUT2D eigenvalue weighted by molar-refractivity contribution is -0.238. The van der Waals surface area contributed by atoms with Gasteiger partial charge in [-0.1, -0.05) is 18.2 Å². The summed E-state index contributed by atoms with van der Waals surface area (Å²) in [5, 5.41) is 9.43. The molecular weight excluding hydrogens is 142 g/mol. The molecule has 3 nitrogen and oxygen atoms in total. The number of hydrogen-bond acceptors (Lipinski definition) is 2. The molecule has 1 aromatic heterocycles. The molecule has 0 spiro atoms. The molecule has 0 aliphatic rings. The fourth-order valence-electron chi connectivity index (χ4n) is 1.13. The Morgan fingerprint density at radius 2 is 2.00 bits per heavy atom. The first kappa shape index (κ1) is 6.24. The zero-order valence-electron chi connectivity index (χ0n) is 5.77. The van der Waals surface area contributed by atoms with E-state index in [-0.39, 0.29) is 0 Å². The second-order valence-corrected chi connectivity index (χ2v) is 2.28. The summed E-state index contributed by atoms with van der Waals surface area (Å²) < 4.78 is 1.30. The Labute approximate surface area is 63.3 Å². The lowest BCUT2D eigenvalue weighted by Gasteiger charge is -1.96. The molecule has 1 N–H and O–H groups in total. The van der Waals surface area contributed by atoms with Gasteiger partial charge < -0.3 is 0 Å². The number of rotatable bonds is 1. The van der Waals surface area contributed by atoms with Gasteiger partial charge in [0.05, 0.1) is 5.52 Å². The van der Waals surface area contributed by atoms with E-state index in [1.54, 1.807) is 6.20 Å². The molecule has 0 fully saturated rings. The lowest BCUT2D eigenvalue weighted by atomic mass is 10.3. The van der Waals surface area contributed by atoms with Crippen LogP contribution in [0.5, 0.6) is 0 Å². The monoisotopic (exact) mass is 149 g/mol. The predicted octanol–water partition coefficient (Wildman–Crippen LogP) is 1.54. The van der Waals surface area contributed by atoms with Crippen molar-refractivity contribution in [2.45, 2.75) is 0 Å². The maximum absolute atomic E-state index is 8.39. The Balaban J connectivity index is 2.76. The molecule has 0 unspecified atom stereocenters. The van der Waals surface area contributed by atoms with E-state index in [4.69, 9.17) is 5.26 Å². The number of aromatic nitrogens is 1. The number of nitrogens with zero attached hydrogens (tertiary/aromatic N) is 1. The molecule has 0 bridgehead atoms. The van der Waals surface area contributed by atoms with Gasteiger partial charge in [0, 0.05) is 11.6 Å². The molecule has 3 heteroatoms. The number of fused-ring (bicyclic) bond motifs is 1. The largest absolute Gasteiger partial charge is 0.242 e. The maximum atomic E-state index is 8.39. The SMILES string of the molecule is OOn1ccc2ccccc21. The summed E-state index contributed by atoms with van der Waals surface area (Å²) in [6.07, 6.45) is 1.66. The Morgan fingerprint density at radius 1 is 1.18 bits per heavy atom. The van der Waals surface area contributed by atoms with Gasteiger partial charge in [-0.2, -0.15) is 9.99 Å². The van der Waals surface area contributed by atoms with Crippen molar-refractivity contribution < 1.29 is 10.2 Å². The van der Waals surface area contributed by atoms with Crippen LogP contribution in [0.4, 0.5) is 0 Å². The van der Waals surface area contributed by atoms with E-state index in [1.807, 2.05) is 30.3 Å². The summed E-state index contributed by atoms with van der Waals surface area (Å²) in [5.41, 5.74) is 0.856.